The van der Waals surface area contributed by atoms with Crippen molar-refractivity contribution in [3.8, 4) is 5.75 Å². The number of rotatable bonds is 12. The fourth-order valence-electron chi connectivity index (χ4n) is 5.94. The molecule has 2 aliphatic heterocycles. The summed E-state index contributed by atoms with van der Waals surface area (Å²) in [6.45, 7) is 9.28. The quantitative estimate of drug-likeness (QED) is 0.212. The first-order valence-electron chi connectivity index (χ1n) is 13.6. The minimum atomic E-state index is -4.37. The molecule has 1 N–H and O–H groups in total. The molecule has 226 valence electrons. The van der Waals surface area contributed by atoms with Gasteiger partial charge in [-0.3, -0.25) is 9.35 Å². The first-order chi connectivity index (χ1) is 19.6. The van der Waals surface area contributed by atoms with Crippen molar-refractivity contribution in [2.45, 2.75) is 51.4 Å². The molecule has 0 radical (unpaired) electrons. The van der Waals surface area contributed by atoms with Crippen LogP contribution < -0.4 is 9.64 Å². The predicted octanol–water partition coefficient (Wildman–Crippen LogP) is 4.05. The van der Waals surface area contributed by atoms with E-state index in [1.165, 1.54) is 0 Å². The molecule has 2 heterocycles. The lowest BCUT2D eigenvalue weighted by molar-refractivity contribution is -0.437. The number of nitrogens with zero attached hydrogens (tertiary/aromatic N) is 2. The molecule has 12 heteroatoms. The average molecular weight is 617 g/mol. The van der Waals surface area contributed by atoms with Gasteiger partial charge in [0.15, 0.2) is 5.71 Å². The third kappa shape index (κ3) is 6.67. The van der Waals surface area contributed by atoms with E-state index in [2.05, 4.69) is 18.4 Å². The van der Waals surface area contributed by atoms with E-state index in [-0.39, 0.29) is 24.0 Å². The second kappa shape index (κ2) is 11.8. The topological polar surface area (TPSA) is 144 Å². The molecule has 4 rings (SSSR count). The number of fused-ring (bicyclic) bond motifs is 2. The van der Waals surface area contributed by atoms with Crippen LogP contribution in [0.5, 0.6) is 5.75 Å². The summed E-state index contributed by atoms with van der Waals surface area (Å²) in [6.07, 6.45) is 6.23. The predicted molar refractivity (Wildman–Crippen MR) is 160 cm³/mol. The zero-order chi connectivity index (χ0) is 30.9. The van der Waals surface area contributed by atoms with Crippen molar-refractivity contribution in [3.63, 3.8) is 0 Å². The van der Waals surface area contributed by atoms with Crippen LogP contribution in [0.4, 0.5) is 11.4 Å². The molecule has 0 fully saturated rings. The summed E-state index contributed by atoms with van der Waals surface area (Å²) in [5.41, 5.74) is 4.67. The van der Waals surface area contributed by atoms with Gasteiger partial charge in [0, 0.05) is 53.2 Å². The van der Waals surface area contributed by atoms with Crippen molar-refractivity contribution < 1.29 is 40.0 Å². The lowest BCUT2D eigenvalue weighted by atomic mass is 9.81. The van der Waals surface area contributed by atoms with Crippen molar-refractivity contribution in [3.05, 3.63) is 77.5 Å². The van der Waals surface area contributed by atoms with Crippen molar-refractivity contribution in [2.24, 2.45) is 0 Å². The van der Waals surface area contributed by atoms with Crippen LogP contribution in [-0.4, -0.2) is 67.3 Å². The van der Waals surface area contributed by atoms with Gasteiger partial charge in [-0.05, 0) is 50.1 Å². The molecule has 0 unspecified atom stereocenters. The number of para-hydroxylation sites is 1. The summed E-state index contributed by atoms with van der Waals surface area (Å²) in [5.74, 6) is -0.446. The molecule has 0 saturated heterocycles. The van der Waals surface area contributed by atoms with E-state index in [9.17, 15) is 30.7 Å². The molecule has 2 aromatic rings. The van der Waals surface area contributed by atoms with Gasteiger partial charge in [0.1, 0.15) is 12.3 Å². The van der Waals surface area contributed by atoms with Crippen LogP contribution >= 0.6 is 0 Å². The molecule has 0 saturated carbocycles. The van der Waals surface area contributed by atoms with Gasteiger partial charge in [-0.25, -0.2) is 8.42 Å². The summed E-state index contributed by atoms with van der Waals surface area (Å²) >= 11 is 0. The molecular weight excluding hydrogens is 580 g/mol. The van der Waals surface area contributed by atoms with Gasteiger partial charge in [-0.15, -0.1) is 0 Å². The Kier molecular flexibility index (Phi) is 8.85. The van der Waals surface area contributed by atoms with E-state index < -0.39 is 31.4 Å². The number of benzene rings is 2. The Morgan fingerprint density at radius 2 is 1.69 bits per heavy atom. The Morgan fingerprint density at radius 1 is 0.976 bits per heavy atom. The highest BCUT2D eigenvalue weighted by molar-refractivity contribution is 7.85. The van der Waals surface area contributed by atoms with Crippen LogP contribution in [0.25, 0.3) is 0 Å². The highest BCUT2D eigenvalue weighted by Gasteiger charge is 2.44. The third-order valence-electron chi connectivity index (χ3n) is 7.92. The van der Waals surface area contributed by atoms with E-state index in [0.29, 0.717) is 25.3 Å². The molecular formula is C30H36N2O8S2. The zero-order valence-corrected chi connectivity index (χ0v) is 25.7. The summed E-state index contributed by atoms with van der Waals surface area (Å²) in [4.78, 5) is 12.9. The summed E-state index contributed by atoms with van der Waals surface area (Å²) in [7, 11) is -8.47. The number of ether oxygens (including phenoxy) is 1. The molecule has 0 amide bonds. The number of hydrogen-bond acceptors (Lipinski definition) is 8. The molecule has 0 bridgehead atoms. The van der Waals surface area contributed by atoms with Crippen LogP contribution in [0.2, 0.25) is 0 Å². The maximum absolute atomic E-state index is 11.4. The highest BCUT2D eigenvalue weighted by atomic mass is 32.2. The largest absolute Gasteiger partial charge is 0.748 e. The van der Waals surface area contributed by atoms with Crippen LogP contribution in [-0.2, 0) is 35.9 Å². The van der Waals surface area contributed by atoms with Gasteiger partial charge >= 0.3 is 0 Å². The molecule has 10 nitrogen and oxygen atoms in total. The molecule has 0 aliphatic carbocycles. The SMILES string of the molecule is CC1(C)C(/C=C/C=C2/N(CCCS(=O)(=O)[O-])c3ccc(OC=O)cc3C2(C)C)=[N+](CCCS(=O)(=O)O)c2ccccc21. The Bertz CT molecular complexity index is 1690. The number of allylic oxidation sites excluding steroid dienone is 4. The smallest absolute Gasteiger partial charge is 0.298 e. The third-order valence-corrected chi connectivity index (χ3v) is 9.51. The molecule has 42 heavy (non-hydrogen) atoms. The lowest BCUT2D eigenvalue weighted by Gasteiger charge is -2.27. The van der Waals surface area contributed by atoms with Gasteiger partial charge < -0.3 is 14.2 Å². The van der Waals surface area contributed by atoms with E-state index in [0.717, 1.165) is 33.9 Å². The minimum Gasteiger partial charge on any atom is -0.748 e. The van der Waals surface area contributed by atoms with Crippen molar-refractivity contribution >= 4 is 43.8 Å². The minimum absolute atomic E-state index is 0.135. The van der Waals surface area contributed by atoms with Gasteiger partial charge in [0.2, 0.25) is 5.69 Å². The van der Waals surface area contributed by atoms with Crippen molar-refractivity contribution in [1.29, 1.82) is 0 Å². The van der Waals surface area contributed by atoms with Gasteiger partial charge in [-0.1, -0.05) is 38.1 Å². The van der Waals surface area contributed by atoms with Crippen molar-refractivity contribution in [2.75, 3.05) is 29.5 Å². The average Bonchev–Trinajstić information content (AvgIpc) is 3.22. The normalized spacial score (nSPS) is 18.5. The Balaban J connectivity index is 1.74. The maximum atomic E-state index is 11.4. The monoisotopic (exact) mass is 616 g/mol. The van der Waals surface area contributed by atoms with Gasteiger partial charge in [0.05, 0.1) is 21.3 Å². The standard InChI is InChI=1S/C30H36N2O8S2/c1-29(2)23-10-5-6-11-25(23)31(16-8-18-41(34,35)36)27(29)12-7-13-28-30(3,4)24-20-22(40-21-33)14-15-26(24)32(28)17-9-19-42(37,38)39/h5-7,10-15,20-21H,8-9,16-19H2,1-4H3,(H-,34,35,36,37,38,39). The van der Waals surface area contributed by atoms with E-state index in [1.807, 2.05) is 67.3 Å². The van der Waals surface area contributed by atoms with Crippen LogP contribution in [0, 0.1) is 0 Å². The number of hydrogen-bond donors (Lipinski definition) is 1. The lowest BCUT2D eigenvalue weighted by Crippen LogP contribution is -2.29. The first-order valence-corrected chi connectivity index (χ1v) is 16.8. The maximum Gasteiger partial charge on any atom is 0.298 e. The van der Waals surface area contributed by atoms with E-state index >= 15 is 0 Å². The van der Waals surface area contributed by atoms with Crippen LogP contribution in [0.15, 0.2) is 66.4 Å². The molecule has 2 aliphatic rings. The number of carbonyl (C=O) groups is 1. The van der Waals surface area contributed by atoms with Gasteiger partial charge in [-0.2, -0.15) is 13.0 Å². The highest BCUT2D eigenvalue weighted by Crippen LogP contribution is 2.49. The van der Waals surface area contributed by atoms with E-state index in [1.54, 1.807) is 12.1 Å². The molecule has 2 aromatic carbocycles. The van der Waals surface area contributed by atoms with Gasteiger partial charge in [0.25, 0.3) is 16.6 Å². The summed E-state index contributed by atoms with van der Waals surface area (Å²) in [5, 5.41) is 0. The summed E-state index contributed by atoms with van der Waals surface area (Å²) < 4.78 is 73.1. The number of anilines is 1. The fourth-order valence-corrected chi connectivity index (χ4v) is 6.92. The zero-order valence-electron chi connectivity index (χ0n) is 24.1. The molecule has 0 atom stereocenters. The molecule has 0 spiro atoms. The van der Waals surface area contributed by atoms with Crippen LogP contribution in [0.3, 0.4) is 0 Å². The van der Waals surface area contributed by atoms with Crippen LogP contribution in [0.1, 0.15) is 51.7 Å². The second-order valence-corrected chi connectivity index (χ2v) is 14.6. The summed E-state index contributed by atoms with van der Waals surface area (Å²) in [6, 6.07) is 13.2. The fraction of sp³-hybridized carbons (Fsp3) is 0.400. The second-order valence-electron chi connectivity index (χ2n) is 11.5. The van der Waals surface area contributed by atoms with E-state index in [4.69, 9.17) is 4.74 Å². The Morgan fingerprint density at radius 3 is 2.36 bits per heavy atom. The first kappa shape index (κ1) is 31.6. The molecule has 0 aromatic heterocycles. The Labute approximate surface area is 247 Å². The number of carbonyl (C=O) groups excluding carboxylic acids is 1. The Hall–Kier alpha value is -3.32. The van der Waals surface area contributed by atoms with Crippen molar-refractivity contribution in [1.82, 2.24) is 0 Å².